The number of nitrogens with zero attached hydrogens (tertiary/aromatic N) is 3. The number of aliphatic hydroxyl groups is 1. The SMILES string of the molecule is Cc1noc(C)c1NC(=O)Nc1ccc2c(c1)C(=O)N([C@@H](C)CO)C[C@@H](C)[C@H](CN(C)S(=O)(=O)c1ccc(Cl)cc1)OCCCC[C@@H](C)O2. The van der Waals surface area contributed by atoms with Gasteiger partial charge in [0.2, 0.25) is 10.0 Å². The van der Waals surface area contributed by atoms with Crippen molar-refractivity contribution in [3.8, 4) is 5.75 Å². The van der Waals surface area contributed by atoms with Crippen molar-refractivity contribution in [3.05, 3.63) is 64.5 Å². The highest BCUT2D eigenvalue weighted by Crippen LogP contribution is 2.29. The number of nitrogens with one attached hydrogen (secondary N) is 2. The monoisotopic (exact) mass is 719 g/mol. The number of benzene rings is 2. The van der Waals surface area contributed by atoms with E-state index >= 15 is 0 Å². The van der Waals surface area contributed by atoms with Crippen molar-refractivity contribution in [1.82, 2.24) is 14.4 Å². The molecule has 0 aliphatic carbocycles. The van der Waals surface area contributed by atoms with Crippen molar-refractivity contribution in [2.45, 2.75) is 77.0 Å². The van der Waals surface area contributed by atoms with Gasteiger partial charge in [-0.15, -0.1) is 0 Å². The summed E-state index contributed by atoms with van der Waals surface area (Å²) in [6.07, 6.45) is 1.35. The molecule has 2 heterocycles. The van der Waals surface area contributed by atoms with E-state index in [2.05, 4.69) is 15.8 Å². The molecule has 13 nitrogen and oxygen atoms in total. The topological polar surface area (TPSA) is 164 Å². The summed E-state index contributed by atoms with van der Waals surface area (Å²) in [6.45, 7) is 9.16. The highest BCUT2D eigenvalue weighted by molar-refractivity contribution is 7.89. The van der Waals surface area contributed by atoms with Crippen LogP contribution in [-0.4, -0.2) is 91.4 Å². The van der Waals surface area contributed by atoms with Gasteiger partial charge in [0, 0.05) is 43.4 Å². The first-order valence-corrected chi connectivity index (χ1v) is 18.1. The number of fused-ring (bicyclic) bond motifs is 1. The fraction of sp³-hybridized carbons (Fsp3) is 0.500. The Hall–Kier alpha value is -3.69. The third-order valence-electron chi connectivity index (χ3n) is 8.54. The van der Waals surface area contributed by atoms with Gasteiger partial charge in [0.05, 0.1) is 35.3 Å². The van der Waals surface area contributed by atoms with Gasteiger partial charge in [-0.2, -0.15) is 4.31 Å². The predicted molar refractivity (Wildman–Crippen MR) is 187 cm³/mol. The van der Waals surface area contributed by atoms with Gasteiger partial charge in [-0.25, -0.2) is 13.2 Å². The quantitative estimate of drug-likeness (QED) is 0.265. The normalized spacial score (nSPS) is 20.2. The maximum absolute atomic E-state index is 14.4. The molecule has 268 valence electrons. The zero-order valence-corrected chi connectivity index (χ0v) is 30.3. The van der Waals surface area contributed by atoms with Crippen molar-refractivity contribution >= 4 is 44.9 Å². The maximum atomic E-state index is 14.4. The van der Waals surface area contributed by atoms with Crippen LogP contribution in [0.5, 0.6) is 5.75 Å². The molecular weight excluding hydrogens is 674 g/mol. The molecule has 49 heavy (non-hydrogen) atoms. The zero-order valence-electron chi connectivity index (χ0n) is 28.7. The van der Waals surface area contributed by atoms with E-state index in [1.54, 1.807) is 39.0 Å². The second-order valence-electron chi connectivity index (χ2n) is 12.5. The number of ether oxygens (including phenoxy) is 2. The van der Waals surface area contributed by atoms with Crippen LogP contribution in [0.15, 0.2) is 51.9 Å². The number of sulfonamides is 1. The van der Waals surface area contributed by atoms with Crippen LogP contribution in [0.1, 0.15) is 61.8 Å². The second-order valence-corrected chi connectivity index (χ2v) is 15.0. The van der Waals surface area contributed by atoms with Crippen molar-refractivity contribution in [3.63, 3.8) is 0 Å². The summed E-state index contributed by atoms with van der Waals surface area (Å²) < 4.78 is 45.8. The Labute approximate surface area is 292 Å². The summed E-state index contributed by atoms with van der Waals surface area (Å²) in [4.78, 5) is 28.9. The number of aromatic nitrogens is 1. The summed E-state index contributed by atoms with van der Waals surface area (Å²) in [5.41, 5.74) is 1.51. The Bertz CT molecular complexity index is 1680. The first kappa shape index (κ1) is 38.1. The second kappa shape index (κ2) is 16.8. The highest BCUT2D eigenvalue weighted by Gasteiger charge is 2.32. The van der Waals surface area contributed by atoms with Crippen molar-refractivity contribution in [2.75, 3.05) is 44.0 Å². The van der Waals surface area contributed by atoms with Gasteiger partial charge in [-0.1, -0.05) is 23.7 Å². The number of aliphatic hydroxyl groups excluding tert-OH is 1. The number of carbonyl (C=O) groups is 2. The first-order valence-electron chi connectivity index (χ1n) is 16.3. The molecule has 0 bridgehead atoms. The summed E-state index contributed by atoms with van der Waals surface area (Å²) in [5.74, 6) is 0.0151. The Balaban J connectivity index is 1.63. The largest absolute Gasteiger partial charge is 0.490 e. The Morgan fingerprint density at radius 3 is 2.51 bits per heavy atom. The maximum Gasteiger partial charge on any atom is 0.323 e. The first-order chi connectivity index (χ1) is 23.2. The number of likely N-dealkylation sites (N-methyl/N-ethyl adjacent to an activating group) is 1. The molecule has 2 aromatic carbocycles. The van der Waals surface area contributed by atoms with Gasteiger partial charge >= 0.3 is 6.03 Å². The molecule has 0 radical (unpaired) electrons. The molecule has 3 aromatic rings. The zero-order chi connectivity index (χ0) is 35.9. The fourth-order valence-corrected chi connectivity index (χ4v) is 6.85. The van der Waals surface area contributed by atoms with Gasteiger partial charge in [-0.05, 0) is 89.4 Å². The van der Waals surface area contributed by atoms with Gasteiger partial charge in [0.25, 0.3) is 5.91 Å². The van der Waals surface area contributed by atoms with E-state index in [1.807, 2.05) is 13.8 Å². The van der Waals surface area contributed by atoms with Crippen LogP contribution in [-0.2, 0) is 14.8 Å². The summed E-state index contributed by atoms with van der Waals surface area (Å²) in [6, 6.07) is 9.65. The van der Waals surface area contributed by atoms with Crippen LogP contribution in [0.4, 0.5) is 16.2 Å². The predicted octanol–water partition coefficient (Wildman–Crippen LogP) is 5.71. The number of amides is 3. The van der Waals surface area contributed by atoms with E-state index in [9.17, 15) is 23.1 Å². The molecule has 1 aliphatic rings. The van der Waals surface area contributed by atoms with Crippen molar-refractivity contribution in [1.29, 1.82) is 0 Å². The minimum Gasteiger partial charge on any atom is -0.490 e. The number of anilines is 2. The number of aryl methyl sites for hydroxylation is 2. The lowest BCUT2D eigenvalue weighted by Gasteiger charge is -2.35. The van der Waals surface area contributed by atoms with Crippen molar-refractivity contribution in [2.24, 2.45) is 5.92 Å². The molecule has 0 saturated heterocycles. The van der Waals surface area contributed by atoms with Crippen LogP contribution in [0.3, 0.4) is 0 Å². The van der Waals surface area contributed by atoms with E-state index in [0.717, 1.165) is 12.8 Å². The highest BCUT2D eigenvalue weighted by atomic mass is 35.5. The van der Waals surface area contributed by atoms with Crippen LogP contribution in [0, 0.1) is 19.8 Å². The minimum atomic E-state index is -3.86. The molecule has 4 atom stereocenters. The van der Waals surface area contributed by atoms with Gasteiger partial charge in [0.1, 0.15) is 17.1 Å². The van der Waals surface area contributed by atoms with Crippen LogP contribution in [0.25, 0.3) is 0 Å². The third kappa shape index (κ3) is 9.73. The lowest BCUT2D eigenvalue weighted by atomic mass is 10.0. The van der Waals surface area contributed by atoms with E-state index in [1.165, 1.54) is 40.5 Å². The lowest BCUT2D eigenvalue weighted by Crippen LogP contribution is -2.48. The lowest BCUT2D eigenvalue weighted by molar-refractivity contribution is -0.00833. The van der Waals surface area contributed by atoms with Crippen LogP contribution >= 0.6 is 11.6 Å². The fourth-order valence-electron chi connectivity index (χ4n) is 5.54. The number of hydrogen-bond acceptors (Lipinski definition) is 9. The van der Waals surface area contributed by atoms with Gasteiger partial charge in [-0.3, -0.25) is 4.79 Å². The average Bonchev–Trinajstić information content (AvgIpc) is 3.38. The van der Waals surface area contributed by atoms with Crippen molar-refractivity contribution < 1.29 is 37.1 Å². The van der Waals surface area contributed by atoms with E-state index in [0.29, 0.717) is 46.6 Å². The standard InChI is InChI=1S/C34H46ClN5O8S/c1-21-18-40(22(2)20-41)33(42)29-17-27(36-34(43)37-32-24(4)38-48-25(32)5)12-15-30(29)47-23(3)9-7-8-16-46-31(21)19-39(6)49(44,45)28-13-10-26(35)11-14-28/h10-15,17,21-23,31,41H,7-9,16,18-20H2,1-6H3,(H2,36,37,43)/t21-,22+,23-,31+/m1/s1. The van der Waals surface area contributed by atoms with Crippen LogP contribution < -0.4 is 15.4 Å². The number of hydrogen-bond donors (Lipinski definition) is 3. The Morgan fingerprint density at radius 2 is 1.86 bits per heavy atom. The minimum absolute atomic E-state index is 0.0338. The molecule has 0 unspecified atom stereocenters. The molecule has 15 heteroatoms. The Morgan fingerprint density at radius 1 is 1.14 bits per heavy atom. The third-order valence-corrected chi connectivity index (χ3v) is 10.6. The summed E-state index contributed by atoms with van der Waals surface area (Å²) in [7, 11) is -2.36. The summed E-state index contributed by atoms with van der Waals surface area (Å²) in [5, 5.41) is 20.0. The number of urea groups is 1. The molecule has 3 N–H and O–H groups in total. The smallest absolute Gasteiger partial charge is 0.323 e. The molecule has 0 spiro atoms. The van der Waals surface area contributed by atoms with E-state index < -0.39 is 34.1 Å². The molecule has 0 fully saturated rings. The number of carbonyl (C=O) groups excluding carboxylic acids is 2. The number of rotatable bonds is 8. The van der Waals surface area contributed by atoms with Gasteiger partial charge in [0.15, 0.2) is 5.76 Å². The average molecular weight is 720 g/mol. The molecule has 4 rings (SSSR count). The molecular formula is C34H46ClN5O8S. The molecule has 3 amide bonds. The van der Waals surface area contributed by atoms with Crippen LogP contribution in [0.2, 0.25) is 5.02 Å². The Kier molecular flexibility index (Phi) is 13.1. The molecule has 0 saturated carbocycles. The summed E-state index contributed by atoms with van der Waals surface area (Å²) >= 11 is 5.98. The van der Waals surface area contributed by atoms with Gasteiger partial charge < -0.3 is 34.6 Å². The van der Waals surface area contributed by atoms with E-state index in [4.69, 9.17) is 25.6 Å². The number of halogens is 1. The molecule has 1 aliphatic heterocycles. The molecule has 1 aromatic heterocycles. The van der Waals surface area contributed by atoms with E-state index in [-0.39, 0.29) is 42.2 Å².